The van der Waals surface area contributed by atoms with Gasteiger partial charge in [-0.25, -0.2) is 4.98 Å². The van der Waals surface area contributed by atoms with E-state index in [1.807, 2.05) is 20.8 Å². The van der Waals surface area contributed by atoms with Crippen LogP contribution >= 0.6 is 0 Å². The maximum atomic E-state index is 5.26. The highest BCUT2D eigenvalue weighted by molar-refractivity contribution is 4.98. The first-order valence-electron chi connectivity index (χ1n) is 3.40. The van der Waals surface area contributed by atoms with E-state index in [0.717, 1.165) is 11.5 Å². The van der Waals surface area contributed by atoms with E-state index in [9.17, 15) is 0 Å². The zero-order valence-electron chi connectivity index (χ0n) is 6.59. The van der Waals surface area contributed by atoms with E-state index in [1.165, 1.54) is 0 Å². The Kier molecular flexibility index (Phi) is 1.94. The van der Waals surface area contributed by atoms with Crippen LogP contribution in [0.5, 0.6) is 0 Å². The lowest BCUT2D eigenvalue weighted by Gasteiger charge is -2.06. The highest BCUT2D eigenvalue weighted by Crippen LogP contribution is 1.98. The topological polar surface area (TPSA) is 27.1 Å². The molecule has 0 aliphatic carbocycles. The molecule has 0 atom stereocenters. The first-order chi connectivity index (χ1) is 4.75. The molecule has 3 heteroatoms. The number of imidazole rings is 1. The van der Waals surface area contributed by atoms with Crippen molar-refractivity contribution in [3.05, 3.63) is 17.7 Å². The van der Waals surface area contributed by atoms with Gasteiger partial charge in [-0.3, -0.25) is 0 Å². The standard InChI is InChI=1S/C7H12N2O/c1-4-10-9-6(2)5-8-7(9)3/h5H,4H2,1-3H3. The van der Waals surface area contributed by atoms with Crippen LogP contribution in [-0.2, 0) is 0 Å². The van der Waals surface area contributed by atoms with Gasteiger partial charge in [-0.05, 0) is 20.8 Å². The van der Waals surface area contributed by atoms with Crippen molar-refractivity contribution >= 4 is 0 Å². The van der Waals surface area contributed by atoms with E-state index < -0.39 is 0 Å². The van der Waals surface area contributed by atoms with Crippen molar-refractivity contribution in [1.29, 1.82) is 0 Å². The molecule has 0 bridgehead atoms. The number of hydrogen-bond acceptors (Lipinski definition) is 2. The normalized spacial score (nSPS) is 9.90. The van der Waals surface area contributed by atoms with E-state index in [-0.39, 0.29) is 0 Å². The number of hydrogen-bond donors (Lipinski definition) is 0. The van der Waals surface area contributed by atoms with Crippen molar-refractivity contribution < 1.29 is 4.84 Å². The third kappa shape index (κ3) is 1.12. The summed E-state index contributed by atoms with van der Waals surface area (Å²) in [6.07, 6.45) is 1.80. The summed E-state index contributed by atoms with van der Waals surface area (Å²) in [6.45, 7) is 6.52. The Morgan fingerprint density at radius 1 is 1.60 bits per heavy atom. The Balaban J connectivity index is 2.87. The Labute approximate surface area is 60.6 Å². The molecule has 0 spiro atoms. The summed E-state index contributed by atoms with van der Waals surface area (Å²) in [5.74, 6) is 0.902. The molecule has 1 aromatic heterocycles. The van der Waals surface area contributed by atoms with Crippen molar-refractivity contribution in [2.24, 2.45) is 0 Å². The molecular weight excluding hydrogens is 128 g/mol. The van der Waals surface area contributed by atoms with Gasteiger partial charge in [-0.1, -0.05) is 0 Å². The first-order valence-corrected chi connectivity index (χ1v) is 3.40. The lowest BCUT2D eigenvalue weighted by atomic mass is 10.6. The molecule has 0 aliphatic rings. The lowest BCUT2D eigenvalue weighted by molar-refractivity contribution is 0.112. The molecule has 1 heterocycles. The van der Waals surface area contributed by atoms with Gasteiger partial charge < -0.3 is 4.84 Å². The molecule has 1 rings (SSSR count). The van der Waals surface area contributed by atoms with Crippen molar-refractivity contribution in [1.82, 2.24) is 9.71 Å². The van der Waals surface area contributed by atoms with Crippen LogP contribution in [-0.4, -0.2) is 16.3 Å². The summed E-state index contributed by atoms with van der Waals surface area (Å²) in [5.41, 5.74) is 1.04. The Bertz CT molecular complexity index is 198. The predicted octanol–water partition coefficient (Wildman–Crippen LogP) is 0.948. The van der Waals surface area contributed by atoms with Gasteiger partial charge in [0.25, 0.3) is 0 Å². The van der Waals surface area contributed by atoms with Gasteiger partial charge in [-0.2, -0.15) is 4.73 Å². The van der Waals surface area contributed by atoms with Gasteiger partial charge in [-0.15, -0.1) is 0 Å². The van der Waals surface area contributed by atoms with Gasteiger partial charge in [0.05, 0.1) is 11.9 Å². The van der Waals surface area contributed by atoms with Crippen molar-refractivity contribution in [2.45, 2.75) is 20.8 Å². The molecule has 0 unspecified atom stereocenters. The smallest absolute Gasteiger partial charge is 0.141 e. The molecule has 0 radical (unpaired) electrons. The van der Waals surface area contributed by atoms with Gasteiger partial charge in [0.2, 0.25) is 0 Å². The van der Waals surface area contributed by atoms with Crippen molar-refractivity contribution in [3.8, 4) is 0 Å². The SMILES string of the molecule is CCOn1c(C)cnc1C. The first kappa shape index (κ1) is 7.12. The maximum absolute atomic E-state index is 5.26. The van der Waals surface area contributed by atoms with Crippen LogP contribution in [0, 0.1) is 13.8 Å². The van der Waals surface area contributed by atoms with Crippen molar-refractivity contribution in [2.75, 3.05) is 6.61 Å². The summed E-state index contributed by atoms with van der Waals surface area (Å²) in [7, 11) is 0. The molecule has 0 N–H and O–H groups in total. The quantitative estimate of drug-likeness (QED) is 0.611. The Hall–Kier alpha value is -0.990. The Morgan fingerprint density at radius 2 is 2.30 bits per heavy atom. The molecule has 0 amide bonds. The summed E-state index contributed by atoms with van der Waals surface area (Å²) < 4.78 is 1.74. The molecule has 0 aromatic carbocycles. The van der Waals surface area contributed by atoms with Crippen LogP contribution in [0.1, 0.15) is 18.4 Å². The average molecular weight is 140 g/mol. The summed E-state index contributed by atoms with van der Waals surface area (Å²) in [5, 5.41) is 0. The van der Waals surface area contributed by atoms with Gasteiger partial charge in [0.15, 0.2) is 0 Å². The number of aryl methyl sites for hydroxylation is 2. The molecule has 0 saturated carbocycles. The second-order valence-corrected chi connectivity index (χ2v) is 2.16. The van der Waals surface area contributed by atoms with Crippen LogP contribution in [0.25, 0.3) is 0 Å². The third-order valence-corrected chi connectivity index (χ3v) is 1.31. The van der Waals surface area contributed by atoms with Crippen LogP contribution < -0.4 is 4.84 Å². The zero-order chi connectivity index (χ0) is 7.56. The molecule has 0 aliphatic heterocycles. The fraction of sp³-hybridized carbons (Fsp3) is 0.571. The maximum Gasteiger partial charge on any atom is 0.141 e. The molecule has 1 aromatic rings. The van der Waals surface area contributed by atoms with E-state index in [0.29, 0.717) is 6.61 Å². The van der Waals surface area contributed by atoms with Gasteiger partial charge in [0, 0.05) is 0 Å². The zero-order valence-corrected chi connectivity index (χ0v) is 6.59. The fourth-order valence-electron chi connectivity index (χ4n) is 0.871. The third-order valence-electron chi connectivity index (χ3n) is 1.31. The predicted molar refractivity (Wildman–Crippen MR) is 38.8 cm³/mol. The van der Waals surface area contributed by atoms with E-state index in [2.05, 4.69) is 4.98 Å². The summed E-state index contributed by atoms with van der Waals surface area (Å²) >= 11 is 0. The lowest BCUT2D eigenvalue weighted by Crippen LogP contribution is -2.13. The number of rotatable bonds is 2. The monoisotopic (exact) mass is 140 g/mol. The van der Waals surface area contributed by atoms with E-state index >= 15 is 0 Å². The molecule has 0 fully saturated rings. The van der Waals surface area contributed by atoms with Crippen LogP contribution in [0.4, 0.5) is 0 Å². The summed E-state index contributed by atoms with van der Waals surface area (Å²) in [4.78, 5) is 9.33. The molecule has 56 valence electrons. The second-order valence-electron chi connectivity index (χ2n) is 2.16. The van der Waals surface area contributed by atoms with Gasteiger partial charge in [0.1, 0.15) is 12.4 Å². The number of nitrogens with zero attached hydrogens (tertiary/aromatic N) is 2. The fourth-order valence-corrected chi connectivity index (χ4v) is 0.871. The van der Waals surface area contributed by atoms with Crippen LogP contribution in [0.2, 0.25) is 0 Å². The minimum atomic E-state index is 0.679. The minimum absolute atomic E-state index is 0.679. The molecule has 3 nitrogen and oxygen atoms in total. The number of aromatic nitrogens is 2. The largest absolute Gasteiger partial charge is 0.413 e. The highest BCUT2D eigenvalue weighted by atomic mass is 16.7. The molecular formula is C7H12N2O. The molecule has 0 saturated heterocycles. The average Bonchev–Trinajstić information content (AvgIpc) is 2.20. The van der Waals surface area contributed by atoms with Gasteiger partial charge >= 0.3 is 0 Å². The van der Waals surface area contributed by atoms with E-state index in [1.54, 1.807) is 10.9 Å². The second kappa shape index (κ2) is 2.73. The Morgan fingerprint density at radius 3 is 2.70 bits per heavy atom. The van der Waals surface area contributed by atoms with E-state index in [4.69, 9.17) is 4.84 Å². The van der Waals surface area contributed by atoms with Crippen LogP contribution in [0.3, 0.4) is 0 Å². The van der Waals surface area contributed by atoms with Crippen LogP contribution in [0.15, 0.2) is 6.20 Å². The summed E-state index contributed by atoms with van der Waals surface area (Å²) in [6, 6.07) is 0. The van der Waals surface area contributed by atoms with Crippen molar-refractivity contribution in [3.63, 3.8) is 0 Å². The highest BCUT2D eigenvalue weighted by Gasteiger charge is 1.99. The minimum Gasteiger partial charge on any atom is -0.413 e. The molecule has 10 heavy (non-hydrogen) atoms.